The molecular formula is C11H21NO3. The average molecular weight is 215 g/mol. The quantitative estimate of drug-likeness (QED) is 0.720. The zero-order chi connectivity index (χ0) is 11.5. The van der Waals surface area contributed by atoms with Crippen LogP contribution in [-0.4, -0.2) is 45.8 Å². The Hall–Kier alpha value is -0.610. The molecule has 0 spiro atoms. The van der Waals surface area contributed by atoms with Crippen LogP contribution in [-0.2, 0) is 4.79 Å². The Morgan fingerprint density at radius 3 is 2.40 bits per heavy atom. The first-order chi connectivity index (χ1) is 6.97. The van der Waals surface area contributed by atoms with E-state index in [2.05, 4.69) is 4.90 Å². The van der Waals surface area contributed by atoms with E-state index in [1.165, 1.54) is 19.8 Å². The summed E-state index contributed by atoms with van der Waals surface area (Å²) >= 11 is 0. The molecule has 15 heavy (non-hydrogen) atoms. The third kappa shape index (κ3) is 3.18. The van der Waals surface area contributed by atoms with Crippen molar-refractivity contribution >= 4 is 5.97 Å². The highest BCUT2D eigenvalue weighted by Crippen LogP contribution is 2.24. The van der Waals surface area contributed by atoms with Crippen molar-refractivity contribution in [2.75, 3.05) is 13.1 Å². The summed E-state index contributed by atoms with van der Waals surface area (Å²) in [6, 6.07) is 0.459. The summed E-state index contributed by atoms with van der Waals surface area (Å²) in [6.07, 6.45) is 4.69. The molecule has 1 atom stereocenters. The summed E-state index contributed by atoms with van der Waals surface area (Å²) in [4.78, 5) is 12.9. The van der Waals surface area contributed by atoms with Crippen LogP contribution >= 0.6 is 0 Å². The molecule has 4 heteroatoms. The summed E-state index contributed by atoms with van der Waals surface area (Å²) in [7, 11) is 0. The Bertz CT molecular complexity index is 222. The van der Waals surface area contributed by atoms with Gasteiger partial charge in [0.1, 0.15) is 0 Å². The lowest BCUT2D eigenvalue weighted by Crippen LogP contribution is -2.49. The zero-order valence-corrected chi connectivity index (χ0v) is 9.57. The Kier molecular flexibility index (Phi) is 4.11. The molecule has 1 aliphatic rings. The van der Waals surface area contributed by atoms with Crippen molar-refractivity contribution in [2.45, 2.75) is 51.2 Å². The first-order valence-electron chi connectivity index (χ1n) is 5.67. The lowest BCUT2D eigenvalue weighted by atomic mass is 10.1. The highest BCUT2D eigenvalue weighted by Gasteiger charge is 2.34. The second-order valence-electron chi connectivity index (χ2n) is 4.58. The van der Waals surface area contributed by atoms with E-state index in [0.717, 1.165) is 19.4 Å². The minimum Gasteiger partial charge on any atom is -0.479 e. The second kappa shape index (κ2) is 4.94. The van der Waals surface area contributed by atoms with Crippen LogP contribution in [0, 0.1) is 0 Å². The molecule has 0 aromatic carbocycles. The van der Waals surface area contributed by atoms with Gasteiger partial charge in [0.05, 0.1) is 0 Å². The Labute approximate surface area is 90.9 Å². The van der Waals surface area contributed by atoms with Crippen molar-refractivity contribution in [1.29, 1.82) is 0 Å². The number of carboxylic acid groups (broad SMARTS) is 1. The van der Waals surface area contributed by atoms with Crippen molar-refractivity contribution in [3.63, 3.8) is 0 Å². The molecule has 0 radical (unpaired) electrons. The van der Waals surface area contributed by atoms with Gasteiger partial charge in [-0.2, -0.15) is 0 Å². The first-order valence-corrected chi connectivity index (χ1v) is 5.67. The second-order valence-corrected chi connectivity index (χ2v) is 4.58. The number of rotatable bonds is 5. The minimum atomic E-state index is -1.63. The maximum absolute atomic E-state index is 10.8. The van der Waals surface area contributed by atoms with Gasteiger partial charge in [-0.3, -0.25) is 4.90 Å². The maximum atomic E-state index is 10.8. The summed E-state index contributed by atoms with van der Waals surface area (Å²) in [5, 5.41) is 18.6. The van der Waals surface area contributed by atoms with E-state index in [0.29, 0.717) is 6.04 Å². The molecule has 1 unspecified atom stereocenters. The van der Waals surface area contributed by atoms with Gasteiger partial charge in [-0.25, -0.2) is 4.79 Å². The molecule has 2 N–H and O–H groups in total. The fourth-order valence-corrected chi connectivity index (χ4v) is 2.23. The van der Waals surface area contributed by atoms with Gasteiger partial charge in [-0.05, 0) is 26.3 Å². The van der Waals surface area contributed by atoms with Crippen LogP contribution in [0.5, 0.6) is 0 Å². The van der Waals surface area contributed by atoms with E-state index in [1.807, 2.05) is 6.92 Å². The minimum absolute atomic E-state index is 0.226. The number of aliphatic hydroxyl groups is 1. The van der Waals surface area contributed by atoms with Gasteiger partial charge in [0.2, 0.25) is 0 Å². The number of likely N-dealkylation sites (N-methyl/N-ethyl adjacent to an activating group) is 1. The van der Waals surface area contributed by atoms with Crippen LogP contribution in [0.25, 0.3) is 0 Å². The number of nitrogens with zero attached hydrogens (tertiary/aromatic N) is 1. The molecule has 4 nitrogen and oxygen atoms in total. The zero-order valence-electron chi connectivity index (χ0n) is 9.57. The molecule has 1 saturated carbocycles. The molecule has 0 bridgehead atoms. The topological polar surface area (TPSA) is 60.8 Å². The maximum Gasteiger partial charge on any atom is 0.336 e. The van der Waals surface area contributed by atoms with Gasteiger partial charge in [-0.15, -0.1) is 0 Å². The number of carboxylic acids is 1. The Balaban J connectivity index is 2.56. The van der Waals surface area contributed by atoms with Gasteiger partial charge < -0.3 is 10.2 Å². The molecule has 0 saturated heterocycles. The van der Waals surface area contributed by atoms with E-state index < -0.39 is 11.6 Å². The van der Waals surface area contributed by atoms with E-state index in [9.17, 15) is 9.90 Å². The van der Waals surface area contributed by atoms with Gasteiger partial charge in [0, 0.05) is 12.6 Å². The largest absolute Gasteiger partial charge is 0.479 e. The predicted molar refractivity (Wildman–Crippen MR) is 57.8 cm³/mol. The lowest BCUT2D eigenvalue weighted by molar-refractivity contribution is -0.158. The lowest BCUT2D eigenvalue weighted by Gasteiger charge is -2.32. The fraction of sp³-hybridized carbons (Fsp3) is 0.909. The van der Waals surface area contributed by atoms with Crippen LogP contribution in [0.15, 0.2) is 0 Å². The third-order valence-electron chi connectivity index (χ3n) is 3.22. The Morgan fingerprint density at radius 1 is 1.47 bits per heavy atom. The van der Waals surface area contributed by atoms with E-state index in [4.69, 9.17) is 5.11 Å². The predicted octanol–water partition coefficient (Wildman–Crippen LogP) is 1.09. The molecule has 88 valence electrons. The SMILES string of the molecule is CCN(CC(C)(O)C(=O)O)C1CCCC1. The van der Waals surface area contributed by atoms with Gasteiger partial charge in [-0.1, -0.05) is 19.8 Å². The molecule has 0 heterocycles. The van der Waals surface area contributed by atoms with Crippen molar-refractivity contribution in [3.05, 3.63) is 0 Å². The van der Waals surface area contributed by atoms with Crippen molar-refractivity contribution in [2.24, 2.45) is 0 Å². The number of hydrogen-bond donors (Lipinski definition) is 2. The van der Waals surface area contributed by atoms with Crippen LogP contribution < -0.4 is 0 Å². The smallest absolute Gasteiger partial charge is 0.336 e. The Morgan fingerprint density at radius 2 is 2.00 bits per heavy atom. The molecular weight excluding hydrogens is 194 g/mol. The molecule has 0 aromatic rings. The van der Waals surface area contributed by atoms with Gasteiger partial charge in [0.25, 0.3) is 0 Å². The highest BCUT2D eigenvalue weighted by molar-refractivity contribution is 5.76. The molecule has 1 aliphatic carbocycles. The third-order valence-corrected chi connectivity index (χ3v) is 3.22. The monoisotopic (exact) mass is 215 g/mol. The van der Waals surface area contributed by atoms with E-state index >= 15 is 0 Å². The molecule has 1 fully saturated rings. The van der Waals surface area contributed by atoms with Gasteiger partial charge in [0.15, 0.2) is 5.60 Å². The highest BCUT2D eigenvalue weighted by atomic mass is 16.4. The van der Waals surface area contributed by atoms with Crippen LogP contribution in [0.4, 0.5) is 0 Å². The van der Waals surface area contributed by atoms with Crippen LogP contribution in [0.2, 0.25) is 0 Å². The number of carbonyl (C=O) groups is 1. The normalized spacial score (nSPS) is 21.9. The average Bonchev–Trinajstić information content (AvgIpc) is 2.66. The molecule has 1 rings (SSSR count). The van der Waals surface area contributed by atoms with Crippen LogP contribution in [0.3, 0.4) is 0 Å². The van der Waals surface area contributed by atoms with Crippen LogP contribution in [0.1, 0.15) is 39.5 Å². The summed E-state index contributed by atoms with van der Waals surface area (Å²) < 4.78 is 0. The first kappa shape index (κ1) is 12.5. The number of aliphatic carboxylic acids is 1. The fourth-order valence-electron chi connectivity index (χ4n) is 2.23. The summed E-state index contributed by atoms with van der Waals surface area (Å²) in [5.41, 5.74) is -1.63. The summed E-state index contributed by atoms with van der Waals surface area (Å²) in [6.45, 7) is 4.40. The van der Waals surface area contributed by atoms with Crippen molar-refractivity contribution in [3.8, 4) is 0 Å². The molecule has 0 aliphatic heterocycles. The van der Waals surface area contributed by atoms with Gasteiger partial charge >= 0.3 is 5.97 Å². The van der Waals surface area contributed by atoms with Crippen molar-refractivity contribution < 1.29 is 15.0 Å². The number of hydrogen-bond acceptors (Lipinski definition) is 3. The molecule has 0 aromatic heterocycles. The standard InChI is InChI=1S/C11H21NO3/c1-3-12(9-6-4-5-7-9)8-11(2,15)10(13)14/h9,15H,3-8H2,1-2H3,(H,13,14). The van der Waals surface area contributed by atoms with E-state index in [1.54, 1.807) is 0 Å². The molecule has 0 amide bonds. The summed E-state index contributed by atoms with van der Waals surface area (Å²) in [5.74, 6) is -1.14. The van der Waals surface area contributed by atoms with Crippen molar-refractivity contribution in [1.82, 2.24) is 4.90 Å². The van der Waals surface area contributed by atoms with E-state index in [-0.39, 0.29) is 6.54 Å².